The number of carbonyl (C=O) groups is 1. The van der Waals surface area contributed by atoms with Crippen LogP contribution in [0.2, 0.25) is 0 Å². The first-order chi connectivity index (χ1) is 10.8. The summed E-state index contributed by atoms with van der Waals surface area (Å²) in [6.07, 6.45) is 0. The highest BCUT2D eigenvalue weighted by atomic mass is 32.2. The fourth-order valence-corrected chi connectivity index (χ4v) is 3.21. The molecule has 0 heterocycles. The van der Waals surface area contributed by atoms with Crippen molar-refractivity contribution in [2.24, 2.45) is 0 Å². The van der Waals surface area contributed by atoms with E-state index < -0.39 is 15.1 Å². The minimum atomic E-state index is -3.49. The Morgan fingerprint density at radius 2 is 1.91 bits per heavy atom. The van der Waals surface area contributed by atoms with Crippen molar-refractivity contribution in [3.05, 3.63) is 29.8 Å². The van der Waals surface area contributed by atoms with Gasteiger partial charge in [0.25, 0.3) is 5.91 Å². The van der Waals surface area contributed by atoms with Crippen LogP contribution in [-0.4, -0.2) is 64.9 Å². The molecule has 0 aromatic heterocycles. The van der Waals surface area contributed by atoms with Crippen LogP contribution in [0.5, 0.6) is 0 Å². The molecule has 0 aliphatic rings. The van der Waals surface area contributed by atoms with E-state index in [1.54, 1.807) is 39.2 Å². The monoisotopic (exact) mass is 342 g/mol. The number of amides is 1. The largest absolute Gasteiger partial charge is 0.383 e. The highest BCUT2D eigenvalue weighted by Crippen LogP contribution is 2.20. The van der Waals surface area contributed by atoms with E-state index in [4.69, 9.17) is 4.74 Å². The first kappa shape index (κ1) is 19.6. The average molecular weight is 342 g/mol. The minimum Gasteiger partial charge on any atom is -0.383 e. The third-order valence-electron chi connectivity index (χ3n) is 3.52. The van der Waals surface area contributed by atoms with Crippen molar-refractivity contribution in [2.45, 2.75) is 24.0 Å². The molecule has 0 aliphatic carbocycles. The fourth-order valence-electron chi connectivity index (χ4n) is 1.97. The van der Waals surface area contributed by atoms with Gasteiger partial charge in [0.2, 0.25) is 0 Å². The lowest BCUT2D eigenvalue weighted by molar-refractivity contribution is 0.0944. The molecular formula is C16H26N2O4S. The van der Waals surface area contributed by atoms with Crippen molar-refractivity contribution in [2.75, 3.05) is 40.4 Å². The molecule has 23 heavy (non-hydrogen) atoms. The summed E-state index contributed by atoms with van der Waals surface area (Å²) in [5.41, 5.74) is 0.195. The molecule has 0 saturated heterocycles. The molecule has 0 saturated carbocycles. The zero-order chi connectivity index (χ0) is 17.5. The Morgan fingerprint density at radius 1 is 1.26 bits per heavy atom. The molecule has 0 bridgehead atoms. The summed E-state index contributed by atoms with van der Waals surface area (Å²) in [4.78, 5) is 14.4. The van der Waals surface area contributed by atoms with Gasteiger partial charge in [-0.2, -0.15) is 0 Å². The second kappa shape index (κ2) is 9.00. The number of nitrogens with one attached hydrogen (secondary N) is 1. The molecule has 130 valence electrons. The van der Waals surface area contributed by atoms with Gasteiger partial charge in [0.1, 0.15) is 0 Å². The summed E-state index contributed by atoms with van der Waals surface area (Å²) in [5, 5.41) is 2.20. The molecule has 0 aliphatic heterocycles. The topological polar surface area (TPSA) is 75.7 Å². The second-order valence-electron chi connectivity index (χ2n) is 5.64. The second-order valence-corrected chi connectivity index (χ2v) is 8.11. The lowest BCUT2D eigenvalue weighted by atomic mass is 10.2. The van der Waals surface area contributed by atoms with Crippen molar-refractivity contribution in [1.82, 2.24) is 10.2 Å². The van der Waals surface area contributed by atoms with Gasteiger partial charge in [-0.05, 0) is 33.0 Å². The molecule has 0 atom stereocenters. The maximum Gasteiger partial charge on any atom is 0.252 e. The average Bonchev–Trinajstić information content (AvgIpc) is 2.52. The van der Waals surface area contributed by atoms with Crippen LogP contribution in [0.1, 0.15) is 24.2 Å². The van der Waals surface area contributed by atoms with Crippen LogP contribution in [0, 0.1) is 0 Å². The van der Waals surface area contributed by atoms with E-state index >= 15 is 0 Å². The van der Waals surface area contributed by atoms with E-state index in [1.165, 1.54) is 6.07 Å². The van der Waals surface area contributed by atoms with Crippen LogP contribution in [-0.2, 0) is 14.6 Å². The lowest BCUT2D eigenvalue weighted by Crippen LogP contribution is -2.35. The summed E-state index contributed by atoms with van der Waals surface area (Å²) in [7, 11) is 0.0797. The van der Waals surface area contributed by atoms with Crippen LogP contribution >= 0.6 is 0 Å². The standard InChI is InChI=1S/C16H26N2O4S/c1-13(2)23(20,21)15-8-6-5-7-14(15)16(19)17-9-10-18(3)11-12-22-4/h5-8,13H,9-12H2,1-4H3,(H,17,19). The summed E-state index contributed by atoms with van der Waals surface area (Å²) in [6.45, 7) is 5.71. The van der Waals surface area contributed by atoms with E-state index in [9.17, 15) is 13.2 Å². The Balaban J connectivity index is 2.75. The van der Waals surface area contributed by atoms with Crippen molar-refractivity contribution in [1.29, 1.82) is 0 Å². The highest BCUT2D eigenvalue weighted by molar-refractivity contribution is 7.92. The molecule has 1 rings (SSSR count). The van der Waals surface area contributed by atoms with Gasteiger partial charge in [0.15, 0.2) is 9.84 Å². The van der Waals surface area contributed by atoms with E-state index in [0.29, 0.717) is 19.7 Å². The number of hydrogen-bond acceptors (Lipinski definition) is 5. The summed E-state index contributed by atoms with van der Waals surface area (Å²) in [6, 6.07) is 6.32. The third-order valence-corrected chi connectivity index (χ3v) is 5.73. The highest BCUT2D eigenvalue weighted by Gasteiger charge is 2.24. The Morgan fingerprint density at radius 3 is 2.52 bits per heavy atom. The van der Waals surface area contributed by atoms with E-state index in [-0.39, 0.29) is 16.4 Å². The summed E-state index contributed by atoms with van der Waals surface area (Å²) in [5.74, 6) is -0.370. The van der Waals surface area contributed by atoms with Crippen LogP contribution in [0.4, 0.5) is 0 Å². The van der Waals surface area contributed by atoms with Gasteiger partial charge in [-0.1, -0.05) is 12.1 Å². The van der Waals surface area contributed by atoms with Crippen molar-refractivity contribution >= 4 is 15.7 Å². The predicted octanol–water partition coefficient (Wildman–Crippen LogP) is 1.18. The molecule has 1 aromatic carbocycles. The molecule has 0 spiro atoms. The quantitative estimate of drug-likeness (QED) is 0.729. The van der Waals surface area contributed by atoms with Crippen molar-refractivity contribution in [3.8, 4) is 0 Å². The normalized spacial score (nSPS) is 11.9. The molecule has 0 fully saturated rings. The number of nitrogens with zero attached hydrogens (tertiary/aromatic N) is 1. The van der Waals surface area contributed by atoms with E-state index in [2.05, 4.69) is 5.32 Å². The van der Waals surface area contributed by atoms with Gasteiger partial charge in [0, 0.05) is 26.7 Å². The van der Waals surface area contributed by atoms with Crippen LogP contribution in [0.15, 0.2) is 29.2 Å². The van der Waals surface area contributed by atoms with Crippen molar-refractivity contribution < 1.29 is 17.9 Å². The maximum absolute atomic E-state index is 12.4. The number of methoxy groups -OCH3 is 1. The predicted molar refractivity (Wildman–Crippen MR) is 90.5 cm³/mol. The Labute approximate surface area is 138 Å². The number of sulfone groups is 1. The zero-order valence-corrected chi connectivity index (χ0v) is 15.0. The van der Waals surface area contributed by atoms with Gasteiger partial charge < -0.3 is 15.0 Å². The first-order valence-corrected chi connectivity index (χ1v) is 9.14. The van der Waals surface area contributed by atoms with Crippen LogP contribution in [0.25, 0.3) is 0 Å². The number of ether oxygens (including phenoxy) is 1. The minimum absolute atomic E-state index is 0.0836. The van der Waals surface area contributed by atoms with Crippen molar-refractivity contribution in [3.63, 3.8) is 0 Å². The number of benzene rings is 1. The van der Waals surface area contributed by atoms with E-state index in [0.717, 1.165) is 6.54 Å². The third kappa shape index (κ3) is 5.60. The lowest BCUT2D eigenvalue weighted by Gasteiger charge is -2.17. The first-order valence-electron chi connectivity index (χ1n) is 7.59. The molecule has 7 heteroatoms. The van der Waals surface area contributed by atoms with Gasteiger partial charge in [0.05, 0.1) is 22.3 Å². The number of likely N-dealkylation sites (N-methyl/N-ethyl adjacent to an activating group) is 1. The number of hydrogen-bond donors (Lipinski definition) is 1. The Bertz CT molecular complexity index is 614. The van der Waals surface area contributed by atoms with Gasteiger partial charge in [-0.3, -0.25) is 4.79 Å². The van der Waals surface area contributed by atoms with Gasteiger partial charge in [-0.15, -0.1) is 0 Å². The number of carbonyl (C=O) groups excluding carboxylic acids is 1. The number of rotatable bonds is 9. The molecule has 0 radical (unpaired) electrons. The SMILES string of the molecule is COCCN(C)CCNC(=O)c1ccccc1S(=O)(=O)C(C)C. The summed E-state index contributed by atoms with van der Waals surface area (Å²) < 4.78 is 29.7. The maximum atomic E-state index is 12.4. The molecular weight excluding hydrogens is 316 g/mol. The molecule has 1 aromatic rings. The van der Waals surface area contributed by atoms with Gasteiger partial charge in [-0.25, -0.2) is 8.42 Å². The fraction of sp³-hybridized carbons (Fsp3) is 0.562. The van der Waals surface area contributed by atoms with E-state index in [1.807, 2.05) is 11.9 Å². The smallest absolute Gasteiger partial charge is 0.252 e. The summed E-state index contributed by atoms with van der Waals surface area (Å²) >= 11 is 0. The molecule has 1 amide bonds. The van der Waals surface area contributed by atoms with Crippen LogP contribution < -0.4 is 5.32 Å². The van der Waals surface area contributed by atoms with Gasteiger partial charge >= 0.3 is 0 Å². The molecule has 6 nitrogen and oxygen atoms in total. The Hall–Kier alpha value is -1.44. The van der Waals surface area contributed by atoms with Crippen LogP contribution in [0.3, 0.4) is 0 Å². The molecule has 1 N–H and O–H groups in total. The molecule has 0 unspecified atom stereocenters. The Kier molecular flexibility index (Phi) is 7.67. The zero-order valence-electron chi connectivity index (χ0n) is 14.2.